The summed E-state index contributed by atoms with van der Waals surface area (Å²) >= 11 is 5.04. The fourth-order valence-corrected chi connectivity index (χ4v) is 6.74. The van der Waals surface area contributed by atoms with Crippen LogP contribution in [0.2, 0.25) is 0 Å². The molecule has 236 valence electrons. The van der Waals surface area contributed by atoms with Gasteiger partial charge in [0.1, 0.15) is 28.3 Å². The number of benzene rings is 4. The molecule has 2 amide bonds. The number of thiazole rings is 1. The highest BCUT2D eigenvalue weighted by Gasteiger charge is 2.32. The number of aromatic nitrogens is 4. The summed E-state index contributed by atoms with van der Waals surface area (Å²) < 4.78 is 24.4. The number of amides is 2. The topological polar surface area (TPSA) is 102 Å². The van der Waals surface area contributed by atoms with Gasteiger partial charge in [-0.05, 0) is 98.6 Å². The third-order valence-electron chi connectivity index (χ3n) is 7.97. The van der Waals surface area contributed by atoms with Crippen molar-refractivity contribution in [2.45, 2.75) is 31.9 Å². The Bertz CT molecular complexity index is 2050. The smallest absolute Gasteiger partial charge is 0.265 e. The van der Waals surface area contributed by atoms with E-state index >= 15 is 4.39 Å². The molecule has 2 atom stereocenters. The number of hydrogen-bond acceptors (Lipinski definition) is 7. The Balaban J connectivity index is 1.01. The van der Waals surface area contributed by atoms with E-state index in [1.165, 1.54) is 22.9 Å². The number of piperidine rings is 1. The molecule has 47 heavy (non-hydrogen) atoms. The summed E-state index contributed by atoms with van der Waals surface area (Å²) in [5.41, 5.74) is 3.50. The molecule has 1 aliphatic heterocycles. The van der Waals surface area contributed by atoms with Gasteiger partial charge in [-0.15, -0.1) is 16.4 Å². The number of hydrogen-bond donors (Lipinski definition) is 1. The molecule has 2 aromatic heterocycles. The third-order valence-corrected chi connectivity index (χ3v) is 9.58. The zero-order valence-corrected chi connectivity index (χ0v) is 27.5. The monoisotopic (exact) mass is 710 g/mol. The Morgan fingerprint density at radius 2 is 1.85 bits per heavy atom. The van der Waals surface area contributed by atoms with Gasteiger partial charge in [0, 0.05) is 33.5 Å². The predicted molar refractivity (Wildman–Crippen MR) is 184 cm³/mol. The number of halogens is 2. The van der Waals surface area contributed by atoms with Crippen LogP contribution in [0, 0.1) is 5.82 Å². The fraction of sp³-hybridized carbons (Fsp3) is 0.171. The summed E-state index contributed by atoms with van der Waals surface area (Å²) in [5, 5.41) is 12.1. The minimum absolute atomic E-state index is 0.100. The number of para-hydroxylation sites is 1. The molecular formula is C35H28BrFN6O3S. The normalized spacial score (nSPS) is 15.5. The van der Waals surface area contributed by atoms with Crippen LogP contribution in [0.4, 0.5) is 15.8 Å². The van der Waals surface area contributed by atoms with E-state index in [0.717, 1.165) is 37.4 Å². The second-order valence-corrected chi connectivity index (χ2v) is 13.1. The van der Waals surface area contributed by atoms with Crippen LogP contribution in [0.25, 0.3) is 32.0 Å². The number of anilines is 2. The quantitative estimate of drug-likeness (QED) is 0.172. The van der Waals surface area contributed by atoms with Gasteiger partial charge in [-0.25, -0.2) is 14.1 Å². The molecule has 1 fully saturated rings. The molecule has 0 radical (unpaired) electrons. The number of carbonyl (C=O) groups excluding carboxylic acids is 2. The van der Waals surface area contributed by atoms with Crippen molar-refractivity contribution in [3.63, 3.8) is 0 Å². The molecule has 7 rings (SSSR count). The van der Waals surface area contributed by atoms with Crippen LogP contribution in [0.5, 0.6) is 5.75 Å². The summed E-state index contributed by atoms with van der Waals surface area (Å²) in [4.78, 5) is 32.9. The van der Waals surface area contributed by atoms with Crippen LogP contribution in [0.1, 0.15) is 25.8 Å². The third kappa shape index (κ3) is 6.51. The number of rotatable bonds is 8. The first-order chi connectivity index (χ1) is 22.8. The average molecular weight is 712 g/mol. The SMILES string of the molecule is CC(Oc1ccc(-c2nc3ccccc3s2)cc1)C(=O)Nc1ccc(F)c(-c2cn(C3CCCN(c4ccc(Br)cc4)C3=O)nn2)c1. The van der Waals surface area contributed by atoms with E-state index < -0.39 is 23.9 Å². The standard InChI is InChI=1S/C35H28BrFN6O3S/c1-21(46-26-15-8-22(9-16-26)34-39-29-5-2-3-7-32(29)47-34)33(44)38-24-12-17-28(37)27(19-24)30-20-43(41-40-30)31-6-4-18-42(35(31)45)25-13-10-23(36)11-14-25/h2-3,5,7-17,19-21,31H,4,6,18H2,1H3,(H,38,44). The van der Waals surface area contributed by atoms with Crippen LogP contribution in [0.3, 0.4) is 0 Å². The lowest BCUT2D eigenvalue weighted by Gasteiger charge is -2.32. The van der Waals surface area contributed by atoms with E-state index in [2.05, 4.69) is 36.5 Å². The van der Waals surface area contributed by atoms with Gasteiger partial charge < -0.3 is 15.0 Å². The lowest BCUT2D eigenvalue weighted by molar-refractivity contribution is -0.123. The van der Waals surface area contributed by atoms with E-state index in [9.17, 15) is 9.59 Å². The van der Waals surface area contributed by atoms with Gasteiger partial charge in [-0.1, -0.05) is 33.3 Å². The van der Waals surface area contributed by atoms with Gasteiger partial charge >= 0.3 is 0 Å². The highest BCUT2D eigenvalue weighted by atomic mass is 79.9. The number of ether oxygens (including phenoxy) is 1. The van der Waals surface area contributed by atoms with Crippen molar-refractivity contribution in [3.8, 4) is 27.6 Å². The lowest BCUT2D eigenvalue weighted by Crippen LogP contribution is -2.42. The molecule has 4 aromatic carbocycles. The Morgan fingerprint density at radius 3 is 2.64 bits per heavy atom. The molecule has 1 N–H and O–H groups in total. The van der Waals surface area contributed by atoms with Gasteiger partial charge in [-0.3, -0.25) is 9.59 Å². The Morgan fingerprint density at radius 1 is 1.06 bits per heavy atom. The summed E-state index contributed by atoms with van der Waals surface area (Å²) in [6.45, 7) is 2.25. The van der Waals surface area contributed by atoms with E-state index in [-0.39, 0.29) is 17.2 Å². The molecule has 0 aliphatic carbocycles. The molecule has 6 aromatic rings. The summed E-state index contributed by atoms with van der Waals surface area (Å²) in [7, 11) is 0. The molecule has 0 bridgehead atoms. The first-order valence-electron chi connectivity index (χ1n) is 15.0. The molecule has 0 saturated carbocycles. The second-order valence-electron chi connectivity index (χ2n) is 11.2. The van der Waals surface area contributed by atoms with E-state index in [0.29, 0.717) is 24.4 Å². The largest absolute Gasteiger partial charge is 0.481 e. The van der Waals surface area contributed by atoms with Crippen molar-refractivity contribution in [1.82, 2.24) is 20.0 Å². The van der Waals surface area contributed by atoms with Crippen molar-refractivity contribution in [3.05, 3.63) is 107 Å². The number of nitrogens with zero attached hydrogens (tertiary/aromatic N) is 5. The van der Waals surface area contributed by atoms with E-state index in [1.807, 2.05) is 60.7 Å². The zero-order valence-electron chi connectivity index (χ0n) is 25.1. The van der Waals surface area contributed by atoms with Crippen molar-refractivity contribution < 1.29 is 18.7 Å². The van der Waals surface area contributed by atoms with Crippen molar-refractivity contribution in [2.24, 2.45) is 0 Å². The highest BCUT2D eigenvalue weighted by Crippen LogP contribution is 2.32. The Kier molecular flexibility index (Phi) is 8.52. The lowest BCUT2D eigenvalue weighted by atomic mass is 10.0. The number of fused-ring (bicyclic) bond motifs is 1. The summed E-state index contributed by atoms with van der Waals surface area (Å²) in [6, 6.07) is 26.7. The van der Waals surface area contributed by atoms with Gasteiger partial charge in [-0.2, -0.15) is 0 Å². The predicted octanol–water partition coefficient (Wildman–Crippen LogP) is 7.90. The van der Waals surface area contributed by atoms with Gasteiger partial charge in [0.05, 0.1) is 16.4 Å². The maximum Gasteiger partial charge on any atom is 0.265 e. The minimum atomic E-state index is -0.830. The molecular weight excluding hydrogens is 683 g/mol. The second kappa shape index (κ2) is 13.0. The van der Waals surface area contributed by atoms with E-state index in [1.54, 1.807) is 41.5 Å². The summed E-state index contributed by atoms with van der Waals surface area (Å²) in [6.07, 6.45) is 2.12. The zero-order chi connectivity index (χ0) is 32.5. The van der Waals surface area contributed by atoms with Crippen molar-refractivity contribution >= 4 is 60.7 Å². The molecule has 9 nitrogen and oxygen atoms in total. The first-order valence-corrected chi connectivity index (χ1v) is 16.7. The van der Waals surface area contributed by atoms with Crippen LogP contribution >= 0.6 is 27.3 Å². The maximum atomic E-state index is 15.0. The molecule has 3 heterocycles. The summed E-state index contributed by atoms with van der Waals surface area (Å²) in [5.74, 6) is -0.497. The van der Waals surface area contributed by atoms with Crippen LogP contribution in [-0.4, -0.2) is 44.4 Å². The number of nitrogens with one attached hydrogen (secondary N) is 1. The van der Waals surface area contributed by atoms with Crippen LogP contribution in [0.15, 0.2) is 102 Å². The minimum Gasteiger partial charge on any atom is -0.481 e. The van der Waals surface area contributed by atoms with Crippen molar-refractivity contribution in [2.75, 3.05) is 16.8 Å². The van der Waals surface area contributed by atoms with E-state index in [4.69, 9.17) is 4.74 Å². The average Bonchev–Trinajstić information content (AvgIpc) is 3.75. The van der Waals surface area contributed by atoms with Gasteiger partial charge in [0.15, 0.2) is 6.10 Å². The first kappa shape index (κ1) is 30.7. The van der Waals surface area contributed by atoms with Gasteiger partial charge in [0.2, 0.25) is 0 Å². The fourth-order valence-electron chi connectivity index (χ4n) is 5.50. The molecule has 2 unspecified atom stereocenters. The molecule has 12 heteroatoms. The molecule has 0 spiro atoms. The van der Waals surface area contributed by atoms with Crippen molar-refractivity contribution in [1.29, 1.82) is 0 Å². The van der Waals surface area contributed by atoms with Gasteiger partial charge in [0.25, 0.3) is 11.8 Å². The number of carbonyl (C=O) groups is 2. The molecule has 1 saturated heterocycles. The van der Waals surface area contributed by atoms with Crippen LogP contribution < -0.4 is 15.0 Å². The Labute approximate surface area is 282 Å². The molecule has 1 aliphatic rings. The Hall–Kier alpha value is -4.94. The maximum absolute atomic E-state index is 15.0. The highest BCUT2D eigenvalue weighted by molar-refractivity contribution is 9.10. The van der Waals surface area contributed by atoms with Crippen LogP contribution in [-0.2, 0) is 9.59 Å².